The number of benzene rings is 3. The first-order valence-corrected chi connectivity index (χ1v) is 10.2. The molecule has 1 aromatic heterocycles. The number of nitrogens with zero attached hydrogens (tertiary/aromatic N) is 1. The van der Waals surface area contributed by atoms with Crippen molar-refractivity contribution in [2.75, 3.05) is 0 Å². The molecule has 132 valence electrons. The van der Waals surface area contributed by atoms with E-state index in [0.717, 1.165) is 23.9 Å². The lowest BCUT2D eigenvalue weighted by atomic mass is 9.63. The molecule has 0 fully saturated rings. The van der Waals surface area contributed by atoms with Crippen molar-refractivity contribution in [3.05, 3.63) is 84.1 Å². The molecule has 27 heavy (non-hydrogen) atoms. The first kappa shape index (κ1) is 16.7. The highest BCUT2D eigenvalue weighted by atomic mass is 32.2. The molecule has 0 spiro atoms. The van der Waals surface area contributed by atoms with Gasteiger partial charge in [-0.1, -0.05) is 53.2 Å². The highest BCUT2D eigenvalue weighted by molar-refractivity contribution is 7.99. The summed E-state index contributed by atoms with van der Waals surface area (Å²) < 4.78 is 2.26. The van der Waals surface area contributed by atoms with Crippen LogP contribution in [0.2, 0.25) is 6.32 Å². The molecule has 0 amide bonds. The van der Waals surface area contributed by atoms with Crippen molar-refractivity contribution >= 4 is 35.0 Å². The van der Waals surface area contributed by atoms with E-state index in [2.05, 4.69) is 78.4 Å². The third-order valence-corrected chi connectivity index (χ3v) is 6.40. The average molecular weight is 369 g/mol. The van der Waals surface area contributed by atoms with Crippen LogP contribution in [-0.2, 0) is 6.42 Å². The third kappa shape index (κ3) is 2.99. The van der Waals surface area contributed by atoms with E-state index in [1.165, 1.54) is 31.8 Å². The van der Waals surface area contributed by atoms with Gasteiger partial charge < -0.3 is 9.59 Å². The molecule has 0 saturated carbocycles. The molecule has 0 radical (unpaired) electrons. The van der Waals surface area contributed by atoms with Crippen LogP contribution in [0, 0.1) is 6.92 Å². The van der Waals surface area contributed by atoms with Crippen molar-refractivity contribution in [3.8, 4) is 5.69 Å². The number of fused-ring (bicyclic) bond motifs is 2. The fraction of sp³-hybridized carbons (Fsp3) is 0.130. The zero-order chi connectivity index (χ0) is 18.4. The summed E-state index contributed by atoms with van der Waals surface area (Å²) in [5.74, 6) is 0. The first-order valence-electron chi connectivity index (χ1n) is 9.35. The van der Waals surface area contributed by atoms with Gasteiger partial charge in [0, 0.05) is 27.1 Å². The van der Waals surface area contributed by atoms with E-state index in [4.69, 9.17) is 0 Å². The molecule has 0 bridgehead atoms. The van der Waals surface area contributed by atoms with Crippen LogP contribution in [0.3, 0.4) is 0 Å². The van der Waals surface area contributed by atoms with E-state index < -0.39 is 0 Å². The van der Waals surface area contributed by atoms with Gasteiger partial charge in [-0.25, -0.2) is 0 Å². The maximum atomic E-state index is 10.3. The second-order valence-corrected chi connectivity index (χ2v) is 8.35. The van der Waals surface area contributed by atoms with Gasteiger partial charge in [0.05, 0.1) is 5.52 Å². The van der Waals surface area contributed by atoms with Gasteiger partial charge in [0.1, 0.15) is 0 Å². The van der Waals surface area contributed by atoms with Gasteiger partial charge in [-0.3, -0.25) is 0 Å². The van der Waals surface area contributed by atoms with E-state index in [9.17, 15) is 5.02 Å². The zero-order valence-corrected chi connectivity index (χ0v) is 16.0. The molecule has 1 N–H and O–H groups in total. The summed E-state index contributed by atoms with van der Waals surface area (Å²) in [4.78, 5) is 2.49. The Hall–Kier alpha value is -2.43. The zero-order valence-electron chi connectivity index (χ0n) is 15.2. The van der Waals surface area contributed by atoms with E-state index in [0.29, 0.717) is 0 Å². The topological polar surface area (TPSA) is 25.2 Å². The molecule has 1 aliphatic heterocycles. The Morgan fingerprint density at radius 2 is 1.85 bits per heavy atom. The summed E-state index contributed by atoms with van der Waals surface area (Å²) in [6.07, 6.45) is 4.03. The Labute approximate surface area is 164 Å². The molecule has 4 aromatic rings. The molecule has 2 nitrogen and oxygen atoms in total. The summed E-state index contributed by atoms with van der Waals surface area (Å²) in [5.41, 5.74) is 5.94. The molecular weight excluding hydrogens is 349 g/mol. The normalized spacial score (nSPS) is 13.3. The minimum atomic E-state index is -0.331. The number of hydrogen-bond donors (Lipinski definition) is 1. The summed E-state index contributed by atoms with van der Waals surface area (Å²) in [6, 6.07) is 23.6. The molecule has 0 aliphatic carbocycles. The molecule has 5 rings (SSSR count). The van der Waals surface area contributed by atoms with E-state index in [1.807, 2.05) is 6.07 Å². The highest BCUT2D eigenvalue weighted by Crippen LogP contribution is 2.36. The standard InChI is InChI=1S/C23H20BNOS/c1-16-7-10-22-20(13-16)23(27-19-5-3-2-4-6-19)15-25(22)18-9-8-17-11-12-24(26)21(17)14-18/h2-10,13-15,26H,11-12H2,1H3. The second kappa shape index (κ2) is 6.63. The molecule has 0 saturated heterocycles. The Balaban J connectivity index is 1.66. The fourth-order valence-corrected chi connectivity index (χ4v) is 4.92. The van der Waals surface area contributed by atoms with Crippen molar-refractivity contribution < 1.29 is 5.02 Å². The van der Waals surface area contributed by atoms with Gasteiger partial charge in [0.15, 0.2) is 0 Å². The molecule has 0 unspecified atom stereocenters. The van der Waals surface area contributed by atoms with Crippen LogP contribution in [0.5, 0.6) is 0 Å². The maximum absolute atomic E-state index is 10.3. The summed E-state index contributed by atoms with van der Waals surface area (Å²) in [7, 11) is 0. The van der Waals surface area contributed by atoms with Crippen molar-refractivity contribution in [1.82, 2.24) is 4.57 Å². The molecule has 0 atom stereocenters. The van der Waals surface area contributed by atoms with Crippen LogP contribution in [0.25, 0.3) is 16.6 Å². The molecule has 1 aliphatic rings. The van der Waals surface area contributed by atoms with Gasteiger partial charge in [-0.05, 0) is 61.5 Å². The monoisotopic (exact) mass is 369 g/mol. The molecule has 4 heteroatoms. The van der Waals surface area contributed by atoms with Crippen molar-refractivity contribution in [2.45, 2.75) is 29.5 Å². The van der Waals surface area contributed by atoms with Gasteiger partial charge in [0.25, 0.3) is 0 Å². The Bertz CT molecular complexity index is 1140. The van der Waals surface area contributed by atoms with Crippen LogP contribution >= 0.6 is 11.8 Å². The van der Waals surface area contributed by atoms with E-state index in [-0.39, 0.29) is 6.92 Å². The summed E-state index contributed by atoms with van der Waals surface area (Å²) in [5, 5.41) is 11.6. The van der Waals surface area contributed by atoms with Crippen molar-refractivity contribution in [1.29, 1.82) is 0 Å². The van der Waals surface area contributed by atoms with Crippen LogP contribution in [0.1, 0.15) is 11.1 Å². The SMILES string of the molecule is Cc1ccc2c(c1)c(Sc1ccccc1)cn2-c1ccc2c(c1)B(O)CC2. The van der Waals surface area contributed by atoms with Gasteiger partial charge in [-0.15, -0.1) is 0 Å². The van der Waals surface area contributed by atoms with Crippen LogP contribution in [-0.4, -0.2) is 16.5 Å². The first-order chi connectivity index (χ1) is 13.2. The van der Waals surface area contributed by atoms with Crippen LogP contribution in [0.4, 0.5) is 0 Å². The Kier molecular flexibility index (Phi) is 4.11. The van der Waals surface area contributed by atoms with Crippen molar-refractivity contribution in [2.24, 2.45) is 0 Å². The lowest BCUT2D eigenvalue weighted by Crippen LogP contribution is -2.26. The second-order valence-electron chi connectivity index (χ2n) is 7.24. The Morgan fingerprint density at radius 1 is 1.00 bits per heavy atom. The van der Waals surface area contributed by atoms with Gasteiger partial charge in [0.2, 0.25) is 0 Å². The number of rotatable bonds is 3. The lowest BCUT2D eigenvalue weighted by molar-refractivity contribution is 0.587. The predicted octanol–water partition coefficient (Wildman–Crippen LogP) is 4.84. The summed E-state index contributed by atoms with van der Waals surface area (Å²) >= 11 is 1.80. The largest absolute Gasteiger partial charge is 0.446 e. The minimum Gasteiger partial charge on any atom is -0.446 e. The van der Waals surface area contributed by atoms with Crippen LogP contribution < -0.4 is 5.46 Å². The highest BCUT2D eigenvalue weighted by Gasteiger charge is 2.25. The number of aryl methyl sites for hydroxylation is 2. The molecule has 3 aromatic carbocycles. The number of aromatic nitrogens is 1. The third-order valence-electron chi connectivity index (χ3n) is 5.35. The van der Waals surface area contributed by atoms with Gasteiger partial charge in [-0.2, -0.15) is 0 Å². The van der Waals surface area contributed by atoms with Gasteiger partial charge >= 0.3 is 6.92 Å². The molecular formula is C23H20BNOS. The van der Waals surface area contributed by atoms with Crippen molar-refractivity contribution in [3.63, 3.8) is 0 Å². The molecule has 2 heterocycles. The minimum absolute atomic E-state index is 0.331. The quantitative estimate of drug-likeness (QED) is 0.523. The van der Waals surface area contributed by atoms with E-state index in [1.54, 1.807) is 11.8 Å². The fourth-order valence-electron chi connectivity index (χ4n) is 3.94. The van der Waals surface area contributed by atoms with E-state index >= 15 is 0 Å². The smallest absolute Gasteiger partial charge is 0.324 e. The maximum Gasteiger partial charge on any atom is 0.324 e. The number of hydrogen-bond acceptors (Lipinski definition) is 2. The Morgan fingerprint density at radius 3 is 2.70 bits per heavy atom. The average Bonchev–Trinajstić information content (AvgIpc) is 3.23. The lowest BCUT2D eigenvalue weighted by Gasteiger charge is -2.09. The predicted molar refractivity (Wildman–Crippen MR) is 115 cm³/mol. The van der Waals surface area contributed by atoms with Crippen LogP contribution in [0.15, 0.2) is 82.7 Å². The summed E-state index contributed by atoms with van der Waals surface area (Å²) in [6.45, 7) is 1.81.